The first kappa shape index (κ1) is 12.3. The summed E-state index contributed by atoms with van der Waals surface area (Å²) in [6, 6.07) is 8.66. The summed E-state index contributed by atoms with van der Waals surface area (Å²) >= 11 is 1.81. The molecule has 2 nitrogen and oxygen atoms in total. The second-order valence-electron chi connectivity index (χ2n) is 4.28. The molecule has 90 valence electrons. The molecule has 0 spiro atoms. The van der Waals surface area contributed by atoms with E-state index in [1.54, 1.807) is 6.20 Å². The highest BCUT2D eigenvalue weighted by atomic mass is 32.1. The maximum Gasteiger partial charge on any atom is 0.0299 e. The number of aromatic nitrogens is 1. The van der Waals surface area contributed by atoms with Crippen LogP contribution in [-0.4, -0.2) is 11.0 Å². The molecule has 0 radical (unpaired) electrons. The van der Waals surface area contributed by atoms with Crippen molar-refractivity contribution < 1.29 is 0 Å². The lowest BCUT2D eigenvalue weighted by Gasteiger charge is -2.10. The Kier molecular flexibility index (Phi) is 4.71. The molecule has 0 aliphatic carbocycles. The maximum atomic E-state index is 6.12. The Morgan fingerprint density at radius 1 is 1.18 bits per heavy atom. The Morgan fingerprint density at radius 2 is 2.06 bits per heavy atom. The molecule has 2 heterocycles. The molecule has 17 heavy (non-hydrogen) atoms. The molecule has 2 N–H and O–H groups in total. The van der Waals surface area contributed by atoms with Crippen molar-refractivity contribution in [2.75, 3.05) is 0 Å². The van der Waals surface area contributed by atoms with E-state index in [1.165, 1.54) is 10.4 Å². The molecule has 0 bridgehead atoms. The number of rotatable bonds is 6. The summed E-state index contributed by atoms with van der Waals surface area (Å²) in [5.74, 6) is 0. The van der Waals surface area contributed by atoms with E-state index >= 15 is 0 Å². The minimum Gasteiger partial charge on any atom is -0.328 e. The number of aryl methyl sites for hydroxylation is 2. The average molecular weight is 246 g/mol. The lowest BCUT2D eigenvalue weighted by atomic mass is 10.0. The zero-order valence-corrected chi connectivity index (χ0v) is 10.7. The van der Waals surface area contributed by atoms with Crippen LogP contribution >= 0.6 is 11.3 Å². The number of thiophene rings is 1. The first-order valence-corrected chi connectivity index (χ1v) is 6.89. The quantitative estimate of drug-likeness (QED) is 0.851. The van der Waals surface area contributed by atoms with Gasteiger partial charge in [0.15, 0.2) is 0 Å². The third-order valence-corrected chi connectivity index (χ3v) is 3.80. The monoisotopic (exact) mass is 246 g/mol. The summed E-state index contributed by atoms with van der Waals surface area (Å²) in [7, 11) is 0. The second kappa shape index (κ2) is 6.52. The fourth-order valence-corrected chi connectivity index (χ4v) is 2.55. The zero-order valence-electron chi connectivity index (χ0n) is 9.88. The highest BCUT2D eigenvalue weighted by Gasteiger charge is 2.04. The number of hydrogen-bond acceptors (Lipinski definition) is 3. The van der Waals surface area contributed by atoms with Crippen LogP contribution in [0.3, 0.4) is 0 Å². The summed E-state index contributed by atoms with van der Waals surface area (Å²) in [5, 5.41) is 2.12. The molecule has 0 aromatic carbocycles. The molecule has 1 atom stereocenters. The molecule has 0 fully saturated rings. The Morgan fingerprint density at radius 3 is 2.76 bits per heavy atom. The van der Waals surface area contributed by atoms with Gasteiger partial charge in [-0.3, -0.25) is 4.98 Å². The van der Waals surface area contributed by atoms with Gasteiger partial charge in [0.1, 0.15) is 0 Å². The Balaban J connectivity index is 1.69. The van der Waals surface area contributed by atoms with E-state index in [4.69, 9.17) is 5.73 Å². The Bertz CT molecular complexity index is 411. The van der Waals surface area contributed by atoms with Gasteiger partial charge in [-0.2, -0.15) is 0 Å². The maximum absolute atomic E-state index is 6.12. The molecular weight excluding hydrogens is 228 g/mol. The minimum atomic E-state index is 0.289. The predicted molar refractivity (Wildman–Crippen MR) is 73.2 cm³/mol. The number of nitrogens with zero attached hydrogens (tertiary/aromatic N) is 1. The van der Waals surface area contributed by atoms with Crippen LogP contribution in [0.15, 0.2) is 42.0 Å². The van der Waals surface area contributed by atoms with Gasteiger partial charge in [0.25, 0.3) is 0 Å². The highest BCUT2D eigenvalue weighted by Crippen LogP contribution is 2.13. The standard InChI is InChI=1S/C14H18N2S/c15-13(7-8-14-4-2-10-17-14)6-5-12-3-1-9-16-11-12/h1-4,9-11,13H,5-8,15H2. The van der Waals surface area contributed by atoms with Crippen molar-refractivity contribution in [1.82, 2.24) is 4.98 Å². The number of nitrogens with two attached hydrogens (primary N) is 1. The summed E-state index contributed by atoms with van der Waals surface area (Å²) in [4.78, 5) is 5.54. The van der Waals surface area contributed by atoms with E-state index in [1.807, 2.05) is 23.6 Å². The molecule has 1 unspecified atom stereocenters. The van der Waals surface area contributed by atoms with E-state index in [0.717, 1.165) is 25.7 Å². The molecule has 0 saturated carbocycles. The zero-order chi connectivity index (χ0) is 11.9. The molecule has 2 aromatic heterocycles. The van der Waals surface area contributed by atoms with Crippen LogP contribution < -0.4 is 5.73 Å². The van der Waals surface area contributed by atoms with E-state index in [2.05, 4.69) is 28.6 Å². The molecule has 2 rings (SSSR count). The topological polar surface area (TPSA) is 38.9 Å². The van der Waals surface area contributed by atoms with E-state index in [9.17, 15) is 0 Å². The van der Waals surface area contributed by atoms with Gasteiger partial charge in [-0.1, -0.05) is 12.1 Å². The van der Waals surface area contributed by atoms with Gasteiger partial charge in [-0.25, -0.2) is 0 Å². The summed E-state index contributed by atoms with van der Waals surface area (Å²) in [5.41, 5.74) is 7.40. The van der Waals surface area contributed by atoms with E-state index in [-0.39, 0.29) is 6.04 Å². The van der Waals surface area contributed by atoms with Gasteiger partial charge < -0.3 is 5.73 Å². The van der Waals surface area contributed by atoms with E-state index < -0.39 is 0 Å². The van der Waals surface area contributed by atoms with Gasteiger partial charge in [-0.05, 0) is 48.8 Å². The van der Waals surface area contributed by atoms with E-state index in [0.29, 0.717) is 0 Å². The highest BCUT2D eigenvalue weighted by molar-refractivity contribution is 7.09. The first-order chi connectivity index (χ1) is 8.34. The largest absolute Gasteiger partial charge is 0.328 e. The van der Waals surface area contributed by atoms with Crippen molar-refractivity contribution in [3.63, 3.8) is 0 Å². The fourth-order valence-electron chi connectivity index (χ4n) is 1.82. The van der Waals surface area contributed by atoms with Gasteiger partial charge in [-0.15, -0.1) is 11.3 Å². The van der Waals surface area contributed by atoms with Crippen LogP contribution in [0.2, 0.25) is 0 Å². The third kappa shape index (κ3) is 4.29. The molecule has 0 amide bonds. The van der Waals surface area contributed by atoms with Crippen molar-refractivity contribution in [1.29, 1.82) is 0 Å². The summed E-state index contributed by atoms with van der Waals surface area (Å²) in [6.07, 6.45) is 7.97. The van der Waals surface area contributed by atoms with Crippen LogP contribution in [-0.2, 0) is 12.8 Å². The first-order valence-electron chi connectivity index (χ1n) is 6.01. The molecular formula is C14H18N2S. The fraction of sp³-hybridized carbons (Fsp3) is 0.357. The normalized spacial score (nSPS) is 12.5. The van der Waals surface area contributed by atoms with Gasteiger partial charge >= 0.3 is 0 Å². The van der Waals surface area contributed by atoms with Crippen LogP contribution in [0.4, 0.5) is 0 Å². The third-order valence-electron chi connectivity index (χ3n) is 2.87. The molecule has 2 aromatic rings. The Labute approximate surface area is 107 Å². The van der Waals surface area contributed by atoms with Crippen LogP contribution in [0, 0.1) is 0 Å². The van der Waals surface area contributed by atoms with Gasteiger partial charge in [0, 0.05) is 23.3 Å². The lowest BCUT2D eigenvalue weighted by molar-refractivity contribution is 0.570. The number of pyridine rings is 1. The van der Waals surface area contributed by atoms with Gasteiger partial charge in [0.05, 0.1) is 0 Å². The smallest absolute Gasteiger partial charge is 0.0299 e. The van der Waals surface area contributed by atoms with Gasteiger partial charge in [0.2, 0.25) is 0 Å². The minimum absolute atomic E-state index is 0.289. The summed E-state index contributed by atoms with van der Waals surface area (Å²) < 4.78 is 0. The SMILES string of the molecule is NC(CCc1cccnc1)CCc1cccs1. The second-order valence-corrected chi connectivity index (χ2v) is 5.31. The molecule has 0 saturated heterocycles. The molecule has 0 aliphatic rings. The van der Waals surface area contributed by atoms with Crippen LogP contribution in [0.1, 0.15) is 23.3 Å². The van der Waals surface area contributed by atoms with Crippen LogP contribution in [0.5, 0.6) is 0 Å². The average Bonchev–Trinajstić information content (AvgIpc) is 2.88. The van der Waals surface area contributed by atoms with Crippen LogP contribution in [0.25, 0.3) is 0 Å². The number of hydrogen-bond donors (Lipinski definition) is 1. The summed E-state index contributed by atoms with van der Waals surface area (Å²) in [6.45, 7) is 0. The van der Waals surface area contributed by atoms with Crippen molar-refractivity contribution in [3.05, 3.63) is 52.5 Å². The van der Waals surface area contributed by atoms with Crippen molar-refractivity contribution >= 4 is 11.3 Å². The van der Waals surface area contributed by atoms with Crippen molar-refractivity contribution in [2.45, 2.75) is 31.7 Å². The van der Waals surface area contributed by atoms with Crippen molar-refractivity contribution in [3.8, 4) is 0 Å². The lowest BCUT2D eigenvalue weighted by Crippen LogP contribution is -2.21. The van der Waals surface area contributed by atoms with Crippen molar-refractivity contribution in [2.24, 2.45) is 5.73 Å². The molecule has 3 heteroatoms. The molecule has 0 aliphatic heterocycles. The Hall–Kier alpha value is -1.19. The predicted octanol–water partition coefficient (Wildman–Crippen LogP) is 3.04.